The van der Waals surface area contributed by atoms with Gasteiger partial charge < -0.3 is 10.4 Å². The van der Waals surface area contributed by atoms with Gasteiger partial charge in [0.15, 0.2) is 0 Å². The average molecular weight is 304 g/mol. The van der Waals surface area contributed by atoms with Crippen LogP contribution >= 0.6 is 11.3 Å². The molecule has 0 saturated carbocycles. The SMILES string of the molecule is CC(C)C(O)CNC(=O)c1csc(Cc2ccccc2)n1. The highest BCUT2D eigenvalue weighted by Gasteiger charge is 2.14. The lowest BCUT2D eigenvalue weighted by Gasteiger charge is -2.14. The molecule has 1 heterocycles. The largest absolute Gasteiger partial charge is 0.391 e. The summed E-state index contributed by atoms with van der Waals surface area (Å²) in [6.45, 7) is 4.08. The van der Waals surface area contributed by atoms with E-state index in [2.05, 4.69) is 10.3 Å². The lowest BCUT2D eigenvalue weighted by atomic mass is 10.1. The maximum Gasteiger partial charge on any atom is 0.270 e. The summed E-state index contributed by atoms with van der Waals surface area (Å²) in [4.78, 5) is 16.3. The smallest absolute Gasteiger partial charge is 0.270 e. The number of aliphatic hydroxyl groups excluding tert-OH is 1. The topological polar surface area (TPSA) is 62.2 Å². The van der Waals surface area contributed by atoms with Crippen LogP contribution in [0.25, 0.3) is 0 Å². The maximum atomic E-state index is 12.0. The molecular formula is C16H20N2O2S. The van der Waals surface area contributed by atoms with Gasteiger partial charge in [-0.3, -0.25) is 4.79 Å². The molecule has 0 bridgehead atoms. The van der Waals surface area contributed by atoms with Crippen LogP contribution in [-0.4, -0.2) is 28.6 Å². The molecule has 1 unspecified atom stereocenters. The molecule has 1 aromatic heterocycles. The molecule has 2 aromatic rings. The highest BCUT2D eigenvalue weighted by molar-refractivity contribution is 7.09. The molecule has 0 aliphatic rings. The summed E-state index contributed by atoms with van der Waals surface area (Å²) in [5, 5.41) is 15.1. The van der Waals surface area contributed by atoms with E-state index >= 15 is 0 Å². The molecule has 1 aromatic carbocycles. The summed E-state index contributed by atoms with van der Waals surface area (Å²) in [5.41, 5.74) is 1.59. The lowest BCUT2D eigenvalue weighted by molar-refractivity contribution is 0.0867. The van der Waals surface area contributed by atoms with Crippen molar-refractivity contribution in [2.24, 2.45) is 5.92 Å². The minimum atomic E-state index is -0.531. The number of thiazole rings is 1. The third kappa shape index (κ3) is 4.65. The van der Waals surface area contributed by atoms with Crippen molar-refractivity contribution in [3.05, 3.63) is 52.0 Å². The molecule has 0 spiro atoms. The van der Waals surface area contributed by atoms with E-state index in [9.17, 15) is 9.90 Å². The summed E-state index contributed by atoms with van der Waals surface area (Å²) < 4.78 is 0. The Morgan fingerprint density at radius 3 is 2.71 bits per heavy atom. The summed E-state index contributed by atoms with van der Waals surface area (Å²) in [5.74, 6) is -0.111. The van der Waals surface area contributed by atoms with Crippen LogP contribution in [0.15, 0.2) is 35.7 Å². The molecule has 21 heavy (non-hydrogen) atoms. The van der Waals surface area contributed by atoms with E-state index in [0.29, 0.717) is 5.69 Å². The number of hydrogen-bond donors (Lipinski definition) is 2. The van der Waals surface area contributed by atoms with E-state index in [1.54, 1.807) is 5.38 Å². The molecule has 2 N–H and O–H groups in total. The second kappa shape index (κ2) is 7.33. The first-order valence-corrected chi connectivity index (χ1v) is 7.89. The van der Waals surface area contributed by atoms with E-state index in [4.69, 9.17) is 0 Å². The number of hydrogen-bond acceptors (Lipinski definition) is 4. The van der Waals surface area contributed by atoms with Crippen LogP contribution < -0.4 is 5.32 Å². The highest BCUT2D eigenvalue weighted by Crippen LogP contribution is 2.14. The van der Waals surface area contributed by atoms with Gasteiger partial charge in [-0.2, -0.15) is 0 Å². The van der Waals surface area contributed by atoms with E-state index in [0.717, 1.165) is 11.4 Å². The number of nitrogens with one attached hydrogen (secondary N) is 1. The van der Waals surface area contributed by atoms with Crippen LogP contribution in [0.4, 0.5) is 0 Å². The van der Waals surface area contributed by atoms with Crippen LogP contribution in [0.3, 0.4) is 0 Å². The highest BCUT2D eigenvalue weighted by atomic mass is 32.1. The fourth-order valence-corrected chi connectivity index (χ4v) is 2.60. The molecule has 0 fully saturated rings. The molecule has 0 aliphatic carbocycles. The number of carbonyl (C=O) groups is 1. The molecule has 5 heteroatoms. The number of rotatable bonds is 6. The van der Waals surface area contributed by atoms with Gasteiger partial charge in [0, 0.05) is 18.3 Å². The van der Waals surface area contributed by atoms with E-state index in [1.807, 2.05) is 44.2 Å². The summed E-state index contributed by atoms with van der Waals surface area (Å²) in [7, 11) is 0. The fraction of sp³-hybridized carbons (Fsp3) is 0.375. The van der Waals surface area contributed by atoms with E-state index < -0.39 is 6.10 Å². The van der Waals surface area contributed by atoms with Gasteiger partial charge in [0.05, 0.1) is 11.1 Å². The Bertz CT molecular complexity index is 581. The molecule has 1 atom stereocenters. The van der Waals surface area contributed by atoms with Gasteiger partial charge in [-0.1, -0.05) is 44.2 Å². The summed E-state index contributed by atoms with van der Waals surface area (Å²) >= 11 is 1.48. The van der Waals surface area contributed by atoms with Crippen molar-refractivity contribution in [1.29, 1.82) is 0 Å². The van der Waals surface area contributed by atoms with Crippen molar-refractivity contribution >= 4 is 17.2 Å². The van der Waals surface area contributed by atoms with E-state index in [-0.39, 0.29) is 18.4 Å². The third-order valence-corrected chi connectivity index (χ3v) is 4.07. The van der Waals surface area contributed by atoms with Gasteiger partial charge >= 0.3 is 0 Å². The van der Waals surface area contributed by atoms with Crippen molar-refractivity contribution in [3.63, 3.8) is 0 Å². The first-order valence-electron chi connectivity index (χ1n) is 7.01. The van der Waals surface area contributed by atoms with Gasteiger partial charge in [0.1, 0.15) is 5.69 Å². The number of amides is 1. The predicted molar refractivity (Wildman–Crippen MR) is 84.5 cm³/mol. The monoisotopic (exact) mass is 304 g/mol. The van der Waals surface area contributed by atoms with Crippen molar-refractivity contribution < 1.29 is 9.90 Å². The molecular weight excluding hydrogens is 284 g/mol. The van der Waals surface area contributed by atoms with Gasteiger partial charge in [-0.15, -0.1) is 11.3 Å². The molecule has 112 valence electrons. The second-order valence-corrected chi connectivity index (χ2v) is 6.25. The van der Waals surface area contributed by atoms with Crippen molar-refractivity contribution in [2.75, 3.05) is 6.54 Å². The fourth-order valence-electron chi connectivity index (χ4n) is 1.79. The Morgan fingerprint density at radius 1 is 1.33 bits per heavy atom. The van der Waals surface area contributed by atoms with Crippen LogP contribution in [-0.2, 0) is 6.42 Å². The minimum absolute atomic E-state index is 0.120. The first-order chi connectivity index (χ1) is 10.1. The Balaban J connectivity index is 1.92. The lowest BCUT2D eigenvalue weighted by Crippen LogP contribution is -2.34. The Labute approximate surface area is 128 Å². The number of carbonyl (C=O) groups excluding carboxylic acids is 1. The zero-order valence-corrected chi connectivity index (χ0v) is 13.1. The van der Waals surface area contributed by atoms with Crippen molar-refractivity contribution in [1.82, 2.24) is 10.3 Å². The maximum absolute atomic E-state index is 12.0. The molecule has 1 amide bonds. The Kier molecular flexibility index (Phi) is 5.47. The number of nitrogens with zero attached hydrogens (tertiary/aromatic N) is 1. The zero-order valence-electron chi connectivity index (χ0n) is 12.2. The molecule has 0 radical (unpaired) electrons. The average Bonchev–Trinajstić information content (AvgIpc) is 2.94. The van der Waals surface area contributed by atoms with Crippen LogP contribution in [0.1, 0.15) is 34.9 Å². The first kappa shape index (κ1) is 15.7. The second-order valence-electron chi connectivity index (χ2n) is 5.31. The van der Waals surface area contributed by atoms with Gasteiger partial charge in [-0.25, -0.2) is 4.98 Å². The molecule has 2 rings (SSSR count). The predicted octanol–water partition coefficient (Wildman–Crippen LogP) is 2.48. The number of benzene rings is 1. The number of aliphatic hydroxyl groups is 1. The van der Waals surface area contributed by atoms with Crippen LogP contribution in [0, 0.1) is 5.92 Å². The normalized spacial score (nSPS) is 12.4. The van der Waals surface area contributed by atoms with Crippen molar-refractivity contribution in [3.8, 4) is 0 Å². The summed E-state index contributed by atoms with van der Waals surface area (Å²) in [6.07, 6.45) is 0.198. The van der Waals surface area contributed by atoms with Crippen LogP contribution in [0.2, 0.25) is 0 Å². The number of aromatic nitrogens is 1. The summed E-state index contributed by atoms with van der Waals surface area (Å²) in [6, 6.07) is 10.0. The van der Waals surface area contributed by atoms with Gasteiger partial charge in [-0.05, 0) is 11.5 Å². The van der Waals surface area contributed by atoms with Gasteiger partial charge in [0.25, 0.3) is 5.91 Å². The molecule has 4 nitrogen and oxygen atoms in total. The van der Waals surface area contributed by atoms with E-state index in [1.165, 1.54) is 16.9 Å². The Morgan fingerprint density at radius 2 is 2.05 bits per heavy atom. The third-order valence-electron chi connectivity index (χ3n) is 3.22. The molecule has 0 saturated heterocycles. The Hall–Kier alpha value is -1.72. The minimum Gasteiger partial charge on any atom is -0.391 e. The quantitative estimate of drug-likeness (QED) is 0.862. The molecule has 0 aliphatic heterocycles. The van der Waals surface area contributed by atoms with Crippen molar-refractivity contribution in [2.45, 2.75) is 26.4 Å². The van der Waals surface area contributed by atoms with Crippen LogP contribution in [0.5, 0.6) is 0 Å². The zero-order chi connectivity index (χ0) is 15.2. The standard InChI is InChI=1S/C16H20N2O2S/c1-11(2)14(19)9-17-16(20)13-10-21-15(18-13)8-12-6-4-3-5-7-12/h3-7,10-11,14,19H,8-9H2,1-2H3,(H,17,20). The van der Waals surface area contributed by atoms with Gasteiger partial charge in [0.2, 0.25) is 0 Å².